The maximum atomic E-state index is 5.25. The van der Waals surface area contributed by atoms with Crippen molar-refractivity contribution in [3.05, 3.63) is 35.4 Å². The monoisotopic (exact) mass is 273 g/mol. The molecule has 2 heteroatoms. The Labute approximate surface area is 122 Å². The SMILES string of the molecule is CNC(C(C)CCOC)C1C2CCc3ccccc3C21. The van der Waals surface area contributed by atoms with Gasteiger partial charge in [-0.1, -0.05) is 31.2 Å². The number of benzene rings is 1. The van der Waals surface area contributed by atoms with Crippen molar-refractivity contribution < 1.29 is 4.74 Å². The van der Waals surface area contributed by atoms with Gasteiger partial charge in [0.05, 0.1) is 0 Å². The lowest BCUT2D eigenvalue weighted by atomic mass is 9.91. The van der Waals surface area contributed by atoms with E-state index in [1.54, 1.807) is 18.2 Å². The van der Waals surface area contributed by atoms with Gasteiger partial charge in [-0.3, -0.25) is 0 Å². The first kappa shape index (κ1) is 14.1. The number of hydrogen-bond donors (Lipinski definition) is 1. The summed E-state index contributed by atoms with van der Waals surface area (Å²) in [6.07, 6.45) is 3.80. The first-order valence-corrected chi connectivity index (χ1v) is 8.02. The van der Waals surface area contributed by atoms with Crippen molar-refractivity contribution in [3.8, 4) is 0 Å². The van der Waals surface area contributed by atoms with Gasteiger partial charge in [0.15, 0.2) is 0 Å². The van der Waals surface area contributed by atoms with E-state index in [1.165, 1.54) is 12.8 Å². The highest BCUT2D eigenvalue weighted by molar-refractivity contribution is 5.40. The summed E-state index contributed by atoms with van der Waals surface area (Å²) in [6, 6.07) is 9.71. The third kappa shape index (κ3) is 2.40. The molecule has 1 N–H and O–H groups in total. The lowest BCUT2D eigenvalue weighted by Gasteiger charge is -2.24. The Balaban J connectivity index is 1.73. The second-order valence-corrected chi connectivity index (χ2v) is 6.58. The van der Waals surface area contributed by atoms with E-state index in [1.807, 2.05) is 0 Å². The molecule has 1 aromatic rings. The minimum Gasteiger partial charge on any atom is -0.385 e. The van der Waals surface area contributed by atoms with E-state index in [2.05, 4.69) is 43.6 Å². The molecule has 0 amide bonds. The Hall–Kier alpha value is -0.860. The van der Waals surface area contributed by atoms with Crippen LogP contribution in [0.5, 0.6) is 0 Å². The molecule has 1 aromatic carbocycles. The van der Waals surface area contributed by atoms with E-state index in [9.17, 15) is 0 Å². The zero-order chi connectivity index (χ0) is 14.1. The maximum Gasteiger partial charge on any atom is 0.0465 e. The highest BCUT2D eigenvalue weighted by Crippen LogP contribution is 2.62. The topological polar surface area (TPSA) is 21.3 Å². The molecule has 1 saturated carbocycles. The van der Waals surface area contributed by atoms with Gasteiger partial charge in [0.2, 0.25) is 0 Å². The molecule has 0 bridgehead atoms. The average Bonchev–Trinajstić information content (AvgIpc) is 3.21. The molecule has 1 fully saturated rings. The Bertz CT molecular complexity index is 458. The summed E-state index contributed by atoms with van der Waals surface area (Å²) in [5, 5.41) is 3.60. The van der Waals surface area contributed by atoms with E-state index < -0.39 is 0 Å². The fourth-order valence-corrected chi connectivity index (χ4v) is 4.45. The highest BCUT2D eigenvalue weighted by atomic mass is 16.5. The number of methoxy groups -OCH3 is 1. The van der Waals surface area contributed by atoms with E-state index in [0.29, 0.717) is 12.0 Å². The first-order chi connectivity index (χ1) is 9.77. The molecule has 2 aliphatic rings. The summed E-state index contributed by atoms with van der Waals surface area (Å²) in [5.74, 6) is 3.23. The molecule has 0 aromatic heterocycles. The number of rotatable bonds is 6. The predicted octanol–water partition coefficient (Wildman–Crippen LogP) is 3.22. The van der Waals surface area contributed by atoms with Crippen LogP contribution < -0.4 is 5.32 Å². The second-order valence-electron chi connectivity index (χ2n) is 6.58. The van der Waals surface area contributed by atoms with Gasteiger partial charge in [0, 0.05) is 19.8 Å². The van der Waals surface area contributed by atoms with Crippen molar-refractivity contribution in [2.45, 2.75) is 38.1 Å². The van der Waals surface area contributed by atoms with Crippen LogP contribution in [-0.2, 0) is 11.2 Å². The van der Waals surface area contributed by atoms with Crippen molar-refractivity contribution in [3.63, 3.8) is 0 Å². The second kappa shape index (κ2) is 5.87. The van der Waals surface area contributed by atoms with Crippen LogP contribution in [0.4, 0.5) is 0 Å². The van der Waals surface area contributed by atoms with Gasteiger partial charge in [-0.25, -0.2) is 0 Å². The molecule has 0 spiro atoms. The van der Waals surface area contributed by atoms with Crippen LogP contribution in [-0.4, -0.2) is 26.8 Å². The fourth-order valence-electron chi connectivity index (χ4n) is 4.45. The van der Waals surface area contributed by atoms with Gasteiger partial charge in [-0.15, -0.1) is 0 Å². The number of hydrogen-bond acceptors (Lipinski definition) is 2. The normalized spacial score (nSPS) is 30.2. The minimum absolute atomic E-state index is 0.631. The van der Waals surface area contributed by atoms with Crippen molar-refractivity contribution in [2.75, 3.05) is 20.8 Å². The summed E-state index contributed by atoms with van der Waals surface area (Å²) >= 11 is 0. The lowest BCUT2D eigenvalue weighted by Crippen LogP contribution is -2.35. The predicted molar refractivity (Wildman–Crippen MR) is 83.0 cm³/mol. The summed E-state index contributed by atoms with van der Waals surface area (Å²) in [7, 11) is 3.93. The quantitative estimate of drug-likeness (QED) is 0.859. The van der Waals surface area contributed by atoms with Crippen LogP contribution in [0, 0.1) is 17.8 Å². The summed E-state index contributed by atoms with van der Waals surface area (Å²) in [4.78, 5) is 0. The molecular weight excluding hydrogens is 246 g/mol. The molecular formula is C18H27NO. The van der Waals surface area contributed by atoms with Crippen LogP contribution in [0.15, 0.2) is 24.3 Å². The van der Waals surface area contributed by atoms with Gasteiger partial charge in [0.1, 0.15) is 0 Å². The third-order valence-electron chi connectivity index (χ3n) is 5.53. The molecule has 0 aliphatic heterocycles. The number of fused-ring (bicyclic) bond motifs is 3. The number of ether oxygens (including phenoxy) is 1. The molecule has 3 rings (SSSR count). The van der Waals surface area contributed by atoms with E-state index in [4.69, 9.17) is 4.74 Å². The molecule has 110 valence electrons. The van der Waals surface area contributed by atoms with Gasteiger partial charge in [0.25, 0.3) is 0 Å². The Morgan fingerprint density at radius 1 is 1.35 bits per heavy atom. The van der Waals surface area contributed by atoms with E-state index >= 15 is 0 Å². The summed E-state index contributed by atoms with van der Waals surface area (Å²) in [5.41, 5.74) is 3.23. The van der Waals surface area contributed by atoms with Gasteiger partial charge >= 0.3 is 0 Å². The fraction of sp³-hybridized carbons (Fsp3) is 0.667. The van der Waals surface area contributed by atoms with Crippen molar-refractivity contribution >= 4 is 0 Å². The zero-order valence-electron chi connectivity index (χ0n) is 12.9. The van der Waals surface area contributed by atoms with Crippen molar-refractivity contribution in [2.24, 2.45) is 17.8 Å². The molecule has 5 atom stereocenters. The minimum atomic E-state index is 0.631. The molecule has 0 saturated heterocycles. The number of nitrogens with one attached hydrogen (secondary N) is 1. The third-order valence-corrected chi connectivity index (χ3v) is 5.53. The van der Waals surface area contributed by atoms with Crippen LogP contribution >= 0.6 is 0 Å². The molecule has 20 heavy (non-hydrogen) atoms. The molecule has 2 nitrogen and oxygen atoms in total. The Kier molecular flexibility index (Phi) is 4.13. The van der Waals surface area contributed by atoms with Gasteiger partial charge in [-0.2, -0.15) is 0 Å². The van der Waals surface area contributed by atoms with Gasteiger partial charge < -0.3 is 10.1 Å². The first-order valence-electron chi connectivity index (χ1n) is 8.02. The maximum absolute atomic E-state index is 5.25. The van der Waals surface area contributed by atoms with E-state index in [-0.39, 0.29) is 0 Å². The van der Waals surface area contributed by atoms with Gasteiger partial charge in [-0.05, 0) is 61.1 Å². The van der Waals surface area contributed by atoms with Crippen molar-refractivity contribution in [1.29, 1.82) is 0 Å². The molecule has 0 heterocycles. The summed E-state index contributed by atoms with van der Waals surface area (Å²) in [6.45, 7) is 3.24. The Morgan fingerprint density at radius 3 is 2.90 bits per heavy atom. The summed E-state index contributed by atoms with van der Waals surface area (Å²) < 4.78 is 5.25. The Morgan fingerprint density at radius 2 is 2.15 bits per heavy atom. The average molecular weight is 273 g/mol. The molecule has 2 aliphatic carbocycles. The van der Waals surface area contributed by atoms with Crippen LogP contribution in [0.3, 0.4) is 0 Å². The smallest absolute Gasteiger partial charge is 0.0465 e. The number of aryl methyl sites for hydroxylation is 1. The van der Waals surface area contributed by atoms with Crippen LogP contribution in [0.25, 0.3) is 0 Å². The largest absolute Gasteiger partial charge is 0.385 e. The highest BCUT2D eigenvalue weighted by Gasteiger charge is 2.56. The van der Waals surface area contributed by atoms with Crippen LogP contribution in [0.1, 0.15) is 36.8 Å². The molecule has 0 radical (unpaired) electrons. The standard InChI is InChI=1S/C18H27NO/c1-12(10-11-20-3)18(19-2)17-15-9-8-13-6-4-5-7-14(13)16(15)17/h4-7,12,15-19H,8-11H2,1-3H3. The van der Waals surface area contributed by atoms with Crippen LogP contribution in [0.2, 0.25) is 0 Å². The van der Waals surface area contributed by atoms with Crippen molar-refractivity contribution in [1.82, 2.24) is 5.32 Å². The van der Waals surface area contributed by atoms with E-state index in [0.717, 1.165) is 30.8 Å². The molecule has 5 unspecified atom stereocenters. The lowest BCUT2D eigenvalue weighted by molar-refractivity contribution is 0.167. The zero-order valence-corrected chi connectivity index (χ0v) is 12.9.